The van der Waals surface area contributed by atoms with Gasteiger partial charge < -0.3 is 14.0 Å². The molecule has 0 bridgehead atoms. The molecule has 3 rings (SSSR count). The van der Waals surface area contributed by atoms with Gasteiger partial charge in [0.05, 0.1) is 19.3 Å². The van der Waals surface area contributed by atoms with Gasteiger partial charge in [0.25, 0.3) is 0 Å². The number of rotatable bonds is 8. The third-order valence-corrected chi connectivity index (χ3v) is 4.79. The van der Waals surface area contributed by atoms with Crippen molar-refractivity contribution in [2.24, 2.45) is 7.05 Å². The summed E-state index contributed by atoms with van der Waals surface area (Å²) in [5, 5.41) is 9.32. The van der Waals surface area contributed by atoms with Crippen molar-refractivity contribution in [3.05, 3.63) is 54.1 Å². The van der Waals surface area contributed by atoms with Crippen LogP contribution in [0.2, 0.25) is 0 Å². The second kappa shape index (κ2) is 8.53. The molecule has 0 aliphatic heterocycles. The van der Waals surface area contributed by atoms with Gasteiger partial charge in [-0.3, -0.25) is 4.79 Å². The first kappa shape index (κ1) is 18.0. The molecule has 3 aromatic rings. The molecule has 0 amide bonds. The van der Waals surface area contributed by atoms with Gasteiger partial charge in [0.1, 0.15) is 11.5 Å². The molecule has 0 aliphatic carbocycles. The Morgan fingerprint density at radius 2 is 1.88 bits per heavy atom. The first-order chi connectivity index (χ1) is 12.7. The molecule has 0 unspecified atom stereocenters. The number of hydrogen-bond acceptors (Lipinski definition) is 6. The molecule has 2 aromatic carbocycles. The molecule has 0 N–H and O–H groups in total. The van der Waals surface area contributed by atoms with E-state index >= 15 is 0 Å². The average Bonchev–Trinajstić information content (AvgIpc) is 3.06. The van der Waals surface area contributed by atoms with E-state index in [-0.39, 0.29) is 0 Å². The van der Waals surface area contributed by atoms with E-state index < -0.39 is 0 Å². The third kappa shape index (κ3) is 4.05. The van der Waals surface area contributed by atoms with Crippen molar-refractivity contribution in [2.45, 2.75) is 5.16 Å². The van der Waals surface area contributed by atoms with Crippen LogP contribution in [0.5, 0.6) is 11.5 Å². The highest BCUT2D eigenvalue weighted by atomic mass is 32.2. The standard InChI is InChI=1S/C19H19N3O3S/c1-22-18(14-7-9-16(24-2)10-8-14)20-21-19(22)26-12-11-25-17-6-4-3-5-15(17)13-23/h3-10,13H,11-12H2,1-2H3. The number of carbonyl (C=O) groups excluding carboxylic acids is 1. The lowest BCUT2D eigenvalue weighted by molar-refractivity contribution is 0.112. The highest BCUT2D eigenvalue weighted by molar-refractivity contribution is 7.99. The molecule has 7 heteroatoms. The Morgan fingerprint density at radius 1 is 1.12 bits per heavy atom. The lowest BCUT2D eigenvalue weighted by atomic mass is 10.2. The zero-order chi connectivity index (χ0) is 18.4. The normalized spacial score (nSPS) is 10.5. The molecule has 134 valence electrons. The predicted molar refractivity (Wildman–Crippen MR) is 101 cm³/mol. The second-order valence-corrected chi connectivity index (χ2v) is 6.51. The van der Waals surface area contributed by atoms with Crippen molar-refractivity contribution in [1.82, 2.24) is 14.8 Å². The highest BCUT2D eigenvalue weighted by Gasteiger charge is 2.11. The Labute approximate surface area is 156 Å². The van der Waals surface area contributed by atoms with E-state index in [1.54, 1.807) is 31.0 Å². The molecule has 6 nitrogen and oxygen atoms in total. The second-order valence-electron chi connectivity index (χ2n) is 5.45. The van der Waals surface area contributed by atoms with Crippen molar-refractivity contribution in [2.75, 3.05) is 19.5 Å². The van der Waals surface area contributed by atoms with Crippen molar-refractivity contribution >= 4 is 18.0 Å². The minimum absolute atomic E-state index is 0.472. The van der Waals surface area contributed by atoms with E-state index in [0.29, 0.717) is 23.7 Å². The smallest absolute Gasteiger partial charge is 0.191 e. The van der Waals surface area contributed by atoms with Crippen LogP contribution in [-0.2, 0) is 7.05 Å². The maximum atomic E-state index is 11.0. The molecule has 0 spiro atoms. The number of benzene rings is 2. The van der Waals surface area contributed by atoms with Crippen LogP contribution in [0.3, 0.4) is 0 Å². The van der Waals surface area contributed by atoms with Crippen LogP contribution >= 0.6 is 11.8 Å². The monoisotopic (exact) mass is 369 g/mol. The SMILES string of the molecule is COc1ccc(-c2nnc(SCCOc3ccccc3C=O)n2C)cc1. The van der Waals surface area contributed by atoms with Crippen LogP contribution in [0.15, 0.2) is 53.7 Å². The number of para-hydroxylation sites is 1. The Bertz CT molecular complexity index is 878. The minimum atomic E-state index is 0.472. The molecular formula is C19H19N3O3S. The van der Waals surface area contributed by atoms with Crippen molar-refractivity contribution in [3.63, 3.8) is 0 Å². The Hall–Kier alpha value is -2.80. The number of carbonyl (C=O) groups is 1. The number of nitrogens with zero attached hydrogens (tertiary/aromatic N) is 3. The molecule has 1 aromatic heterocycles. The van der Waals surface area contributed by atoms with Gasteiger partial charge in [-0.2, -0.15) is 0 Å². The van der Waals surface area contributed by atoms with Gasteiger partial charge in [0.15, 0.2) is 17.3 Å². The number of methoxy groups -OCH3 is 1. The van der Waals surface area contributed by atoms with Crippen molar-refractivity contribution < 1.29 is 14.3 Å². The first-order valence-corrected chi connectivity index (χ1v) is 9.05. The number of aldehydes is 1. The van der Waals surface area contributed by atoms with Crippen LogP contribution in [0.4, 0.5) is 0 Å². The molecule has 0 atom stereocenters. The molecule has 1 heterocycles. The third-order valence-electron chi connectivity index (χ3n) is 3.80. The highest BCUT2D eigenvalue weighted by Crippen LogP contribution is 2.24. The van der Waals surface area contributed by atoms with E-state index in [1.165, 1.54) is 0 Å². The summed E-state index contributed by atoms with van der Waals surface area (Å²) in [6.45, 7) is 0.472. The maximum absolute atomic E-state index is 11.0. The molecular weight excluding hydrogens is 350 g/mol. The largest absolute Gasteiger partial charge is 0.497 e. The molecule has 0 saturated carbocycles. The molecule has 0 fully saturated rings. The van der Waals surface area contributed by atoms with E-state index in [0.717, 1.165) is 28.6 Å². The fourth-order valence-electron chi connectivity index (χ4n) is 2.43. The summed E-state index contributed by atoms with van der Waals surface area (Å²) in [7, 11) is 3.58. The first-order valence-electron chi connectivity index (χ1n) is 8.06. The molecule has 0 aliphatic rings. The number of hydrogen-bond donors (Lipinski definition) is 0. The van der Waals surface area contributed by atoms with Crippen LogP contribution in [-0.4, -0.2) is 40.5 Å². The Balaban J connectivity index is 1.59. The maximum Gasteiger partial charge on any atom is 0.191 e. The quantitative estimate of drug-likeness (QED) is 0.344. The number of thioether (sulfide) groups is 1. The van der Waals surface area contributed by atoms with Crippen molar-refractivity contribution in [1.29, 1.82) is 0 Å². The van der Waals surface area contributed by atoms with Gasteiger partial charge in [-0.25, -0.2) is 0 Å². The van der Waals surface area contributed by atoms with Gasteiger partial charge in [0, 0.05) is 18.4 Å². The van der Waals surface area contributed by atoms with Gasteiger partial charge in [-0.15, -0.1) is 10.2 Å². The van der Waals surface area contributed by atoms with Crippen LogP contribution in [0.25, 0.3) is 11.4 Å². The zero-order valence-electron chi connectivity index (χ0n) is 14.6. The van der Waals surface area contributed by atoms with E-state index in [9.17, 15) is 4.79 Å². The lowest BCUT2D eigenvalue weighted by Crippen LogP contribution is -2.03. The lowest BCUT2D eigenvalue weighted by Gasteiger charge is -2.08. The molecule has 0 radical (unpaired) electrons. The number of aromatic nitrogens is 3. The summed E-state index contributed by atoms with van der Waals surface area (Å²) in [4.78, 5) is 11.0. The fraction of sp³-hybridized carbons (Fsp3) is 0.211. The Kier molecular flexibility index (Phi) is 5.91. The van der Waals surface area contributed by atoms with E-state index in [2.05, 4.69) is 10.2 Å². The topological polar surface area (TPSA) is 66.2 Å². The Morgan fingerprint density at radius 3 is 2.62 bits per heavy atom. The minimum Gasteiger partial charge on any atom is -0.497 e. The van der Waals surface area contributed by atoms with Crippen LogP contribution < -0.4 is 9.47 Å². The predicted octanol–water partition coefficient (Wildman–Crippen LogP) is 3.47. The van der Waals surface area contributed by atoms with Crippen molar-refractivity contribution in [3.8, 4) is 22.9 Å². The summed E-state index contributed by atoms with van der Waals surface area (Å²) in [5.74, 6) is 2.89. The van der Waals surface area contributed by atoms with Crippen LogP contribution in [0.1, 0.15) is 10.4 Å². The summed E-state index contributed by atoms with van der Waals surface area (Å²) in [5.41, 5.74) is 1.53. The van der Waals surface area contributed by atoms with Gasteiger partial charge in [-0.1, -0.05) is 23.9 Å². The van der Waals surface area contributed by atoms with Gasteiger partial charge in [0.2, 0.25) is 0 Å². The van der Waals surface area contributed by atoms with Crippen LogP contribution in [0, 0.1) is 0 Å². The molecule has 26 heavy (non-hydrogen) atoms. The summed E-state index contributed by atoms with van der Waals surface area (Å²) in [6, 6.07) is 14.9. The summed E-state index contributed by atoms with van der Waals surface area (Å²) >= 11 is 1.55. The zero-order valence-corrected chi connectivity index (χ0v) is 15.4. The average molecular weight is 369 g/mol. The van der Waals surface area contributed by atoms with Gasteiger partial charge >= 0.3 is 0 Å². The number of ether oxygens (including phenoxy) is 2. The fourth-order valence-corrected chi connectivity index (χ4v) is 3.15. The molecule has 0 saturated heterocycles. The van der Waals surface area contributed by atoms with E-state index in [1.807, 2.05) is 48.0 Å². The summed E-state index contributed by atoms with van der Waals surface area (Å²) < 4.78 is 12.8. The van der Waals surface area contributed by atoms with Gasteiger partial charge in [-0.05, 0) is 36.4 Å². The van der Waals surface area contributed by atoms with E-state index in [4.69, 9.17) is 9.47 Å². The summed E-state index contributed by atoms with van der Waals surface area (Å²) in [6.07, 6.45) is 0.798.